The van der Waals surface area contributed by atoms with Crippen molar-refractivity contribution in [3.05, 3.63) is 65.4 Å². The van der Waals surface area contributed by atoms with Gasteiger partial charge in [-0.3, -0.25) is 4.79 Å². The minimum atomic E-state index is -0.201. The van der Waals surface area contributed by atoms with Crippen molar-refractivity contribution in [2.24, 2.45) is 5.92 Å². The summed E-state index contributed by atoms with van der Waals surface area (Å²) < 4.78 is 7.22. The molecule has 0 radical (unpaired) electrons. The second-order valence-corrected chi connectivity index (χ2v) is 12.3. The number of hydrogen-bond acceptors (Lipinski definition) is 8. The molecule has 2 aliphatic carbocycles. The van der Waals surface area contributed by atoms with Crippen LogP contribution in [-0.4, -0.2) is 62.7 Å². The molecule has 6 rings (SSSR count). The molecule has 0 aliphatic heterocycles. The average molecular weight is 587 g/mol. The molecule has 220 valence electrons. The quantitative estimate of drug-likeness (QED) is 0.242. The zero-order valence-electron chi connectivity index (χ0n) is 24.4. The third-order valence-corrected chi connectivity index (χ3v) is 8.87. The maximum absolute atomic E-state index is 12.7. The lowest BCUT2D eigenvalue weighted by molar-refractivity contribution is 0.0950. The van der Waals surface area contributed by atoms with Gasteiger partial charge in [-0.25, -0.2) is 4.98 Å². The Morgan fingerprint density at radius 3 is 2.52 bits per heavy atom. The molecule has 42 heavy (non-hydrogen) atoms. The molecule has 2 aromatic heterocycles. The number of carbonyl (C=O) groups is 1. The number of aromatic nitrogens is 4. The van der Waals surface area contributed by atoms with Crippen LogP contribution in [-0.2, 0) is 6.54 Å². The zero-order valence-corrected chi connectivity index (χ0v) is 25.2. The van der Waals surface area contributed by atoms with E-state index in [9.17, 15) is 9.90 Å². The van der Waals surface area contributed by atoms with Crippen LogP contribution in [0, 0.1) is 12.8 Å². The monoisotopic (exact) mass is 586 g/mol. The van der Waals surface area contributed by atoms with Gasteiger partial charge in [-0.2, -0.15) is 14.6 Å². The third-order valence-electron chi connectivity index (χ3n) is 8.32. The number of benzene rings is 2. The van der Waals surface area contributed by atoms with E-state index in [1.807, 2.05) is 54.2 Å². The van der Waals surface area contributed by atoms with Gasteiger partial charge >= 0.3 is 0 Å². The van der Waals surface area contributed by atoms with Gasteiger partial charge < -0.3 is 20.1 Å². The standard InChI is InChI=1S/C32H38N6O3S/c1-20-16-23(8-15-27(20)30(40)34-24-9-10-24)28-17-33-38-29(28)35-31(42-3)36-32(38)37(18-21-4-11-25(39)12-5-21)19-22-6-13-26(41-2)14-7-22/h6-8,13-17,21,24-25,39H,4-5,9-12,18-19H2,1-3H3,(H,34,40)/t21-,25+. The summed E-state index contributed by atoms with van der Waals surface area (Å²) in [5.41, 5.74) is 5.36. The minimum Gasteiger partial charge on any atom is -0.497 e. The van der Waals surface area contributed by atoms with E-state index in [0.29, 0.717) is 29.2 Å². The fraction of sp³-hybridized carbons (Fsp3) is 0.438. The molecule has 2 fully saturated rings. The van der Waals surface area contributed by atoms with Crippen LogP contribution < -0.4 is 15.0 Å². The Balaban J connectivity index is 1.37. The van der Waals surface area contributed by atoms with Gasteiger partial charge in [0.15, 0.2) is 10.8 Å². The van der Waals surface area contributed by atoms with Gasteiger partial charge in [0.05, 0.1) is 19.4 Å². The molecule has 0 unspecified atom stereocenters. The van der Waals surface area contributed by atoms with E-state index in [2.05, 4.69) is 22.3 Å². The van der Waals surface area contributed by atoms with E-state index in [1.54, 1.807) is 7.11 Å². The van der Waals surface area contributed by atoms with Crippen molar-refractivity contribution in [3.63, 3.8) is 0 Å². The van der Waals surface area contributed by atoms with Gasteiger partial charge in [0, 0.05) is 30.3 Å². The Bertz CT molecular complexity index is 1560. The number of rotatable bonds is 10. The topological polar surface area (TPSA) is 105 Å². The molecule has 0 bridgehead atoms. The highest BCUT2D eigenvalue weighted by atomic mass is 32.2. The number of fused-ring (bicyclic) bond motifs is 1. The fourth-order valence-corrected chi connectivity index (χ4v) is 6.08. The van der Waals surface area contributed by atoms with E-state index >= 15 is 0 Å². The van der Waals surface area contributed by atoms with Gasteiger partial charge in [-0.15, -0.1) is 0 Å². The third kappa shape index (κ3) is 6.24. The first-order chi connectivity index (χ1) is 20.4. The fourth-order valence-electron chi connectivity index (χ4n) is 5.73. The van der Waals surface area contributed by atoms with E-state index in [0.717, 1.165) is 84.7 Å². The molecule has 9 nitrogen and oxygen atoms in total. The van der Waals surface area contributed by atoms with E-state index in [-0.39, 0.29) is 12.0 Å². The predicted molar refractivity (Wildman–Crippen MR) is 165 cm³/mol. The number of nitrogens with one attached hydrogen (secondary N) is 1. The number of carbonyl (C=O) groups excluding carboxylic acids is 1. The molecule has 0 saturated heterocycles. The SMILES string of the molecule is COc1ccc(CN(C[C@H]2CC[C@@H](O)CC2)c2nc(SC)nc3c(-c4ccc(C(=O)NC5CC5)c(C)c4)cnn23)cc1. The maximum atomic E-state index is 12.7. The van der Waals surface area contributed by atoms with Gasteiger partial charge in [0.2, 0.25) is 5.95 Å². The van der Waals surface area contributed by atoms with Crippen molar-refractivity contribution in [2.75, 3.05) is 24.8 Å². The highest BCUT2D eigenvalue weighted by Crippen LogP contribution is 2.32. The molecular formula is C32H38N6O3S. The van der Waals surface area contributed by atoms with Crippen LogP contribution >= 0.6 is 11.8 Å². The number of aryl methyl sites for hydroxylation is 1. The van der Waals surface area contributed by atoms with E-state index in [1.165, 1.54) is 11.8 Å². The normalized spacial score (nSPS) is 18.7. The van der Waals surface area contributed by atoms with Crippen molar-refractivity contribution in [1.82, 2.24) is 24.9 Å². The lowest BCUT2D eigenvalue weighted by Gasteiger charge is -2.32. The van der Waals surface area contributed by atoms with Crippen molar-refractivity contribution in [2.45, 2.75) is 69.3 Å². The Labute approximate surface area is 250 Å². The number of nitrogens with zero attached hydrogens (tertiary/aromatic N) is 5. The average Bonchev–Trinajstić information content (AvgIpc) is 3.72. The Morgan fingerprint density at radius 2 is 1.86 bits per heavy atom. The molecular weight excluding hydrogens is 548 g/mol. The second kappa shape index (κ2) is 12.3. The highest BCUT2D eigenvalue weighted by Gasteiger charge is 2.27. The molecule has 2 heterocycles. The maximum Gasteiger partial charge on any atom is 0.251 e. The first kappa shape index (κ1) is 28.5. The van der Waals surface area contributed by atoms with Crippen LogP contribution in [0.5, 0.6) is 5.75 Å². The van der Waals surface area contributed by atoms with Gasteiger partial charge in [0.1, 0.15) is 5.75 Å². The summed E-state index contributed by atoms with van der Waals surface area (Å²) in [5, 5.41) is 18.7. The summed E-state index contributed by atoms with van der Waals surface area (Å²) in [6, 6.07) is 14.4. The number of ether oxygens (including phenoxy) is 1. The molecule has 2 N–H and O–H groups in total. The Morgan fingerprint density at radius 1 is 1.10 bits per heavy atom. The van der Waals surface area contributed by atoms with Crippen molar-refractivity contribution < 1.29 is 14.6 Å². The van der Waals surface area contributed by atoms with Crippen molar-refractivity contribution >= 4 is 29.3 Å². The molecule has 0 atom stereocenters. The highest BCUT2D eigenvalue weighted by molar-refractivity contribution is 7.98. The number of thioether (sulfide) groups is 1. The largest absolute Gasteiger partial charge is 0.497 e. The van der Waals surface area contributed by atoms with Crippen LogP contribution in [0.4, 0.5) is 5.95 Å². The predicted octanol–water partition coefficient (Wildman–Crippen LogP) is 5.28. The zero-order chi connectivity index (χ0) is 29.2. The molecule has 2 saturated carbocycles. The number of aliphatic hydroxyl groups is 1. The van der Waals surface area contributed by atoms with Crippen LogP contribution in [0.3, 0.4) is 0 Å². The summed E-state index contributed by atoms with van der Waals surface area (Å²) in [6.45, 7) is 3.43. The smallest absolute Gasteiger partial charge is 0.251 e. The van der Waals surface area contributed by atoms with Gasteiger partial charge in [-0.05, 0) is 92.5 Å². The first-order valence-corrected chi connectivity index (χ1v) is 15.9. The molecule has 10 heteroatoms. The molecule has 2 aliphatic rings. The number of aliphatic hydroxyl groups excluding tert-OH is 1. The lowest BCUT2D eigenvalue weighted by Crippen LogP contribution is -2.34. The van der Waals surface area contributed by atoms with Crippen LogP contribution in [0.2, 0.25) is 0 Å². The van der Waals surface area contributed by atoms with Crippen molar-refractivity contribution in [3.8, 4) is 16.9 Å². The molecule has 0 spiro atoms. The number of amides is 1. The molecule has 2 aromatic carbocycles. The summed E-state index contributed by atoms with van der Waals surface area (Å²) in [5.74, 6) is 2.00. The molecule has 4 aromatic rings. The summed E-state index contributed by atoms with van der Waals surface area (Å²) in [6.07, 6.45) is 9.37. The van der Waals surface area contributed by atoms with Gasteiger partial charge in [0.25, 0.3) is 5.91 Å². The summed E-state index contributed by atoms with van der Waals surface area (Å²) in [7, 11) is 1.67. The van der Waals surface area contributed by atoms with Gasteiger partial charge in [-0.1, -0.05) is 36.0 Å². The number of anilines is 1. The number of methoxy groups -OCH3 is 1. The summed E-state index contributed by atoms with van der Waals surface area (Å²) >= 11 is 1.51. The van der Waals surface area contributed by atoms with Crippen molar-refractivity contribution in [1.29, 1.82) is 0 Å². The first-order valence-electron chi connectivity index (χ1n) is 14.7. The molecule has 1 amide bonds. The Hall–Kier alpha value is -3.63. The number of hydrogen-bond donors (Lipinski definition) is 2. The van der Waals surface area contributed by atoms with Crippen LogP contribution in [0.15, 0.2) is 53.8 Å². The Kier molecular flexibility index (Phi) is 8.35. The lowest BCUT2D eigenvalue weighted by atomic mass is 9.87. The minimum absolute atomic E-state index is 0.0138. The van der Waals surface area contributed by atoms with E-state index < -0.39 is 0 Å². The van der Waals surface area contributed by atoms with Crippen LogP contribution in [0.1, 0.15) is 60.0 Å². The van der Waals surface area contributed by atoms with Crippen LogP contribution in [0.25, 0.3) is 16.8 Å². The van der Waals surface area contributed by atoms with E-state index in [4.69, 9.17) is 19.8 Å². The summed E-state index contributed by atoms with van der Waals surface area (Å²) in [4.78, 5) is 24.9. The second-order valence-electron chi connectivity index (χ2n) is 11.5.